The van der Waals surface area contributed by atoms with Crippen LogP contribution >= 0.6 is 27.3 Å². The second-order valence-corrected chi connectivity index (χ2v) is 6.05. The third kappa shape index (κ3) is 2.29. The number of rotatable bonds is 3. The molecule has 2 unspecified atom stereocenters. The van der Waals surface area contributed by atoms with E-state index >= 15 is 0 Å². The van der Waals surface area contributed by atoms with Crippen molar-refractivity contribution in [2.24, 2.45) is 11.7 Å². The quantitative estimate of drug-likeness (QED) is 0.926. The summed E-state index contributed by atoms with van der Waals surface area (Å²) in [6, 6.07) is 6.22. The Morgan fingerprint density at radius 2 is 2.25 bits per heavy atom. The molecule has 0 aliphatic carbocycles. The van der Waals surface area contributed by atoms with Gasteiger partial charge >= 0.3 is 0 Å². The maximum atomic E-state index is 6.19. The molecule has 0 fully saturated rings. The monoisotopic (exact) mass is 298 g/mol. The van der Waals surface area contributed by atoms with Gasteiger partial charge in [0.15, 0.2) is 0 Å². The molecule has 0 bridgehead atoms. The highest BCUT2D eigenvalue weighted by atomic mass is 79.9. The number of halogens is 1. The lowest BCUT2D eigenvalue weighted by atomic mass is 10.0. The average Bonchev–Trinajstić information content (AvgIpc) is 2.69. The second-order valence-electron chi connectivity index (χ2n) is 4.08. The molecule has 0 amide bonds. The number of fused-ring (bicyclic) bond motifs is 1. The number of aromatic nitrogens is 1. The van der Waals surface area contributed by atoms with Gasteiger partial charge in [-0.1, -0.05) is 36.2 Å². The number of nitrogens with zero attached hydrogens (tertiary/aromatic N) is 1. The third-order valence-electron chi connectivity index (χ3n) is 2.91. The van der Waals surface area contributed by atoms with Crippen molar-refractivity contribution in [1.82, 2.24) is 4.98 Å². The van der Waals surface area contributed by atoms with Crippen molar-refractivity contribution in [3.63, 3.8) is 0 Å². The van der Waals surface area contributed by atoms with Gasteiger partial charge in [-0.15, -0.1) is 11.3 Å². The summed E-state index contributed by atoms with van der Waals surface area (Å²) in [5.41, 5.74) is 7.22. The zero-order chi connectivity index (χ0) is 11.7. The lowest BCUT2D eigenvalue weighted by Crippen LogP contribution is -2.18. The number of hydrogen-bond acceptors (Lipinski definition) is 3. The Labute approximate surface area is 108 Å². The van der Waals surface area contributed by atoms with E-state index in [4.69, 9.17) is 5.73 Å². The Hall–Kier alpha value is -0.450. The van der Waals surface area contributed by atoms with E-state index in [1.807, 2.05) is 12.1 Å². The fraction of sp³-hybridized carbons (Fsp3) is 0.417. The zero-order valence-electron chi connectivity index (χ0n) is 9.40. The molecule has 2 aromatic rings. The summed E-state index contributed by atoms with van der Waals surface area (Å²) in [7, 11) is 0. The van der Waals surface area contributed by atoms with Crippen molar-refractivity contribution in [3.05, 3.63) is 27.7 Å². The fourth-order valence-corrected chi connectivity index (χ4v) is 2.99. The summed E-state index contributed by atoms with van der Waals surface area (Å²) in [5, 5.41) is 1.04. The predicted octanol–water partition coefficient (Wildman–Crippen LogP) is 4.10. The summed E-state index contributed by atoms with van der Waals surface area (Å²) >= 11 is 5.16. The maximum absolute atomic E-state index is 6.19. The van der Waals surface area contributed by atoms with Crippen molar-refractivity contribution in [2.75, 3.05) is 0 Å². The smallest absolute Gasteiger partial charge is 0.111 e. The Bertz CT molecular complexity index is 495. The molecule has 1 aromatic heterocycles. The second kappa shape index (κ2) is 4.82. The minimum atomic E-state index is 0.0566. The molecule has 2 N–H and O–H groups in total. The first kappa shape index (κ1) is 12.0. The molecule has 2 atom stereocenters. The van der Waals surface area contributed by atoms with E-state index in [9.17, 15) is 0 Å². The highest BCUT2D eigenvalue weighted by molar-refractivity contribution is 9.10. The number of benzene rings is 1. The minimum absolute atomic E-state index is 0.0566. The van der Waals surface area contributed by atoms with Crippen LogP contribution in [0.25, 0.3) is 10.2 Å². The summed E-state index contributed by atoms with van der Waals surface area (Å²) in [4.78, 5) is 4.61. The third-order valence-corrected chi connectivity index (χ3v) is 4.54. The van der Waals surface area contributed by atoms with Gasteiger partial charge in [0.25, 0.3) is 0 Å². The van der Waals surface area contributed by atoms with Gasteiger partial charge in [-0.25, -0.2) is 4.98 Å². The maximum Gasteiger partial charge on any atom is 0.111 e. The van der Waals surface area contributed by atoms with Crippen molar-refractivity contribution in [3.8, 4) is 0 Å². The highest BCUT2D eigenvalue weighted by Gasteiger charge is 2.17. The molecule has 0 saturated heterocycles. The van der Waals surface area contributed by atoms with Crippen molar-refractivity contribution in [1.29, 1.82) is 0 Å². The summed E-state index contributed by atoms with van der Waals surface area (Å²) < 4.78 is 2.27. The van der Waals surface area contributed by atoms with Crippen molar-refractivity contribution in [2.45, 2.75) is 26.3 Å². The van der Waals surface area contributed by atoms with Crippen LogP contribution in [0.1, 0.15) is 31.3 Å². The lowest BCUT2D eigenvalue weighted by molar-refractivity contribution is 0.456. The van der Waals surface area contributed by atoms with E-state index in [0.717, 1.165) is 21.4 Å². The van der Waals surface area contributed by atoms with Gasteiger partial charge in [0.05, 0.1) is 16.3 Å². The van der Waals surface area contributed by atoms with Gasteiger partial charge in [0, 0.05) is 4.47 Å². The van der Waals surface area contributed by atoms with Crippen LogP contribution < -0.4 is 5.73 Å². The lowest BCUT2D eigenvalue weighted by Gasteiger charge is -2.14. The van der Waals surface area contributed by atoms with Crippen LogP contribution in [0, 0.1) is 5.92 Å². The Balaban J connectivity index is 2.39. The standard InChI is InChI=1S/C12H15BrN2S/c1-3-7(2)11(14)12-15-9-6-8(13)4-5-10(9)16-12/h4-7,11H,3,14H2,1-2H3. The van der Waals surface area contributed by atoms with Crippen LogP contribution in [0.5, 0.6) is 0 Å². The van der Waals surface area contributed by atoms with Crippen LogP contribution in [0.4, 0.5) is 0 Å². The molecule has 1 aromatic carbocycles. The fourth-order valence-electron chi connectivity index (χ4n) is 1.56. The molecule has 0 saturated carbocycles. The van der Waals surface area contributed by atoms with Crippen LogP contribution in [0.2, 0.25) is 0 Å². The average molecular weight is 299 g/mol. The molecule has 86 valence electrons. The molecule has 4 heteroatoms. The van der Waals surface area contributed by atoms with Crippen LogP contribution in [0.15, 0.2) is 22.7 Å². The van der Waals surface area contributed by atoms with E-state index in [0.29, 0.717) is 5.92 Å². The van der Waals surface area contributed by atoms with E-state index < -0.39 is 0 Å². The topological polar surface area (TPSA) is 38.9 Å². The van der Waals surface area contributed by atoms with E-state index in [-0.39, 0.29) is 6.04 Å². The molecule has 2 rings (SSSR count). The molecular weight excluding hydrogens is 284 g/mol. The highest BCUT2D eigenvalue weighted by Crippen LogP contribution is 2.31. The van der Waals surface area contributed by atoms with Crippen LogP contribution in [0.3, 0.4) is 0 Å². The molecule has 0 aliphatic heterocycles. The van der Waals surface area contributed by atoms with Gasteiger partial charge in [-0.3, -0.25) is 0 Å². The largest absolute Gasteiger partial charge is 0.322 e. The van der Waals surface area contributed by atoms with Gasteiger partial charge in [0.1, 0.15) is 5.01 Å². The normalized spacial score (nSPS) is 15.2. The molecule has 0 radical (unpaired) electrons. The van der Waals surface area contributed by atoms with Crippen molar-refractivity contribution >= 4 is 37.5 Å². The Morgan fingerprint density at radius 1 is 1.50 bits per heavy atom. The first-order chi connectivity index (χ1) is 7.61. The zero-order valence-corrected chi connectivity index (χ0v) is 11.8. The van der Waals surface area contributed by atoms with Crippen LogP contribution in [-0.2, 0) is 0 Å². The SMILES string of the molecule is CCC(C)C(N)c1nc2cc(Br)ccc2s1. The van der Waals surface area contributed by atoms with E-state index in [2.05, 4.69) is 40.8 Å². The predicted molar refractivity (Wildman–Crippen MR) is 73.7 cm³/mol. The first-order valence-corrected chi connectivity index (χ1v) is 7.04. The Morgan fingerprint density at radius 3 is 2.94 bits per heavy atom. The van der Waals surface area contributed by atoms with Crippen molar-refractivity contribution < 1.29 is 0 Å². The number of nitrogens with two attached hydrogens (primary N) is 1. The molecule has 1 heterocycles. The number of thiazole rings is 1. The van der Waals surface area contributed by atoms with Gasteiger partial charge < -0.3 is 5.73 Å². The first-order valence-electron chi connectivity index (χ1n) is 5.43. The Kier molecular flexibility index (Phi) is 3.62. The molecular formula is C12H15BrN2S. The van der Waals surface area contributed by atoms with Gasteiger partial charge in [0.2, 0.25) is 0 Å². The molecule has 0 spiro atoms. The summed E-state index contributed by atoms with van der Waals surface area (Å²) in [6.45, 7) is 4.33. The number of hydrogen-bond donors (Lipinski definition) is 1. The molecule has 16 heavy (non-hydrogen) atoms. The summed E-state index contributed by atoms with van der Waals surface area (Å²) in [5.74, 6) is 0.476. The molecule has 2 nitrogen and oxygen atoms in total. The van der Waals surface area contributed by atoms with Crippen LogP contribution in [-0.4, -0.2) is 4.98 Å². The van der Waals surface area contributed by atoms with E-state index in [1.54, 1.807) is 11.3 Å². The van der Waals surface area contributed by atoms with E-state index in [1.165, 1.54) is 4.70 Å². The van der Waals surface area contributed by atoms with Gasteiger partial charge in [-0.2, -0.15) is 0 Å². The molecule has 0 aliphatic rings. The summed E-state index contributed by atoms with van der Waals surface area (Å²) in [6.07, 6.45) is 1.08. The minimum Gasteiger partial charge on any atom is -0.322 e. The van der Waals surface area contributed by atoms with Gasteiger partial charge in [-0.05, 0) is 24.1 Å².